The minimum absolute atomic E-state index is 0.0141. The highest BCUT2D eigenvalue weighted by Gasteiger charge is 2.36. The van der Waals surface area contributed by atoms with Gasteiger partial charge in [-0.25, -0.2) is 13.4 Å². The van der Waals surface area contributed by atoms with Crippen molar-refractivity contribution in [1.82, 2.24) is 14.8 Å². The van der Waals surface area contributed by atoms with Crippen LogP contribution in [-0.4, -0.2) is 23.6 Å². The van der Waals surface area contributed by atoms with Gasteiger partial charge in [-0.3, -0.25) is 0 Å². The highest BCUT2D eigenvalue weighted by molar-refractivity contribution is 7.89. The molecule has 0 amide bonds. The molecule has 1 atom stereocenters. The number of nitrogens with zero attached hydrogens (tertiary/aromatic N) is 2. The summed E-state index contributed by atoms with van der Waals surface area (Å²) >= 11 is 8.01. The molecule has 8 heteroatoms. The predicted molar refractivity (Wildman–Crippen MR) is 111 cm³/mol. The molecule has 140 valence electrons. The molecule has 3 aromatic rings. The van der Waals surface area contributed by atoms with Gasteiger partial charge >= 0.3 is 0 Å². The van der Waals surface area contributed by atoms with E-state index < -0.39 is 16.1 Å². The lowest BCUT2D eigenvalue weighted by Gasteiger charge is -2.24. The highest BCUT2D eigenvalue weighted by Crippen LogP contribution is 2.38. The second kappa shape index (κ2) is 6.91. The normalized spacial score (nSPS) is 17.9. The summed E-state index contributed by atoms with van der Waals surface area (Å²) < 4.78 is 26.7. The Bertz CT molecular complexity index is 1140. The Kier molecular flexibility index (Phi) is 4.71. The molecule has 0 fully saturated rings. The lowest BCUT2D eigenvalue weighted by Crippen LogP contribution is -2.40. The summed E-state index contributed by atoms with van der Waals surface area (Å²) in [6.45, 7) is 3.63. The van der Waals surface area contributed by atoms with Crippen LogP contribution in [0.2, 0.25) is 5.15 Å². The van der Waals surface area contributed by atoms with E-state index in [0.29, 0.717) is 10.7 Å². The second-order valence-corrected chi connectivity index (χ2v) is 9.82. The number of thiophene rings is 1. The maximum atomic E-state index is 12.7. The number of benzene rings is 1. The SMILES string of the molecule is CCS(=O)(=O)N1NC(c2cccs2)=C[C@@H]1c1cc2cc(C)ccc2nc1Cl. The molecule has 0 unspecified atom stereocenters. The van der Waals surface area contributed by atoms with E-state index in [9.17, 15) is 8.42 Å². The van der Waals surface area contributed by atoms with Crippen molar-refractivity contribution in [1.29, 1.82) is 0 Å². The molecule has 27 heavy (non-hydrogen) atoms. The summed E-state index contributed by atoms with van der Waals surface area (Å²) in [5.41, 5.74) is 6.36. The number of nitrogens with one attached hydrogen (secondary N) is 1. The van der Waals surface area contributed by atoms with Crippen molar-refractivity contribution in [3.05, 3.63) is 69.0 Å². The number of halogens is 1. The number of aromatic nitrogens is 1. The maximum absolute atomic E-state index is 12.7. The van der Waals surface area contributed by atoms with Gasteiger partial charge in [-0.05, 0) is 49.6 Å². The van der Waals surface area contributed by atoms with E-state index in [1.54, 1.807) is 18.3 Å². The Morgan fingerprint density at radius 2 is 2.11 bits per heavy atom. The summed E-state index contributed by atoms with van der Waals surface area (Å²) in [5.74, 6) is -0.0141. The Labute approximate surface area is 167 Å². The second-order valence-electron chi connectivity index (χ2n) is 6.38. The number of sulfonamides is 1. The summed E-state index contributed by atoms with van der Waals surface area (Å²) in [4.78, 5) is 5.45. The lowest BCUT2D eigenvalue weighted by atomic mass is 10.0. The van der Waals surface area contributed by atoms with Gasteiger partial charge in [0.2, 0.25) is 10.0 Å². The van der Waals surface area contributed by atoms with Crippen LogP contribution in [-0.2, 0) is 10.0 Å². The first kappa shape index (κ1) is 18.4. The van der Waals surface area contributed by atoms with E-state index in [4.69, 9.17) is 11.6 Å². The van der Waals surface area contributed by atoms with Crippen molar-refractivity contribution in [2.24, 2.45) is 0 Å². The zero-order valence-corrected chi connectivity index (χ0v) is 17.2. The monoisotopic (exact) mass is 419 g/mol. The fraction of sp³-hybridized carbons (Fsp3) is 0.211. The number of hydrazine groups is 1. The first-order chi connectivity index (χ1) is 12.9. The molecule has 0 saturated carbocycles. The minimum Gasteiger partial charge on any atom is -0.304 e. The van der Waals surface area contributed by atoms with Crippen LogP contribution in [0.25, 0.3) is 16.6 Å². The summed E-state index contributed by atoms with van der Waals surface area (Å²) in [6.07, 6.45) is 1.89. The van der Waals surface area contributed by atoms with Crippen LogP contribution < -0.4 is 5.43 Å². The van der Waals surface area contributed by atoms with Gasteiger partial charge in [0.25, 0.3) is 0 Å². The molecular formula is C19H18ClN3O2S2. The van der Waals surface area contributed by atoms with Crippen LogP contribution >= 0.6 is 22.9 Å². The van der Waals surface area contributed by atoms with E-state index in [1.807, 2.05) is 54.8 Å². The van der Waals surface area contributed by atoms with Gasteiger partial charge in [-0.1, -0.05) is 29.3 Å². The quantitative estimate of drug-likeness (QED) is 0.632. The minimum atomic E-state index is -3.51. The number of fused-ring (bicyclic) bond motifs is 1. The van der Waals surface area contributed by atoms with Crippen molar-refractivity contribution in [3.63, 3.8) is 0 Å². The first-order valence-electron chi connectivity index (χ1n) is 8.50. The van der Waals surface area contributed by atoms with E-state index in [-0.39, 0.29) is 5.75 Å². The summed E-state index contributed by atoms with van der Waals surface area (Å²) in [7, 11) is -3.51. The van der Waals surface area contributed by atoms with Crippen LogP contribution in [0, 0.1) is 6.92 Å². The molecule has 1 aromatic carbocycles. The third-order valence-electron chi connectivity index (χ3n) is 4.53. The molecule has 5 nitrogen and oxygen atoms in total. The smallest absolute Gasteiger partial charge is 0.231 e. The fourth-order valence-electron chi connectivity index (χ4n) is 3.11. The molecule has 1 aliphatic rings. The van der Waals surface area contributed by atoms with E-state index in [1.165, 1.54) is 4.41 Å². The zero-order valence-electron chi connectivity index (χ0n) is 14.8. The van der Waals surface area contributed by atoms with Crippen LogP contribution in [0.15, 0.2) is 47.9 Å². The number of hydrogen-bond acceptors (Lipinski definition) is 5. The molecule has 4 rings (SSSR count). The Morgan fingerprint density at radius 3 is 2.81 bits per heavy atom. The molecule has 0 aliphatic carbocycles. The van der Waals surface area contributed by atoms with Crippen molar-refractivity contribution >= 4 is 49.6 Å². The van der Waals surface area contributed by atoms with E-state index >= 15 is 0 Å². The number of pyridine rings is 1. The van der Waals surface area contributed by atoms with Gasteiger partial charge in [0.05, 0.1) is 27.9 Å². The molecule has 0 spiro atoms. The average Bonchev–Trinajstić information content (AvgIpc) is 3.31. The number of hydrogen-bond donors (Lipinski definition) is 1. The molecule has 1 N–H and O–H groups in total. The average molecular weight is 420 g/mol. The van der Waals surface area contributed by atoms with Gasteiger partial charge in [-0.2, -0.15) is 0 Å². The highest BCUT2D eigenvalue weighted by atomic mass is 35.5. The van der Waals surface area contributed by atoms with E-state index in [2.05, 4.69) is 10.4 Å². The predicted octanol–water partition coefficient (Wildman–Crippen LogP) is 4.51. The van der Waals surface area contributed by atoms with Crippen molar-refractivity contribution in [2.75, 3.05) is 5.75 Å². The van der Waals surface area contributed by atoms with Crippen LogP contribution in [0.4, 0.5) is 0 Å². The van der Waals surface area contributed by atoms with Crippen LogP contribution in [0.3, 0.4) is 0 Å². The van der Waals surface area contributed by atoms with Gasteiger partial charge < -0.3 is 5.43 Å². The Balaban J connectivity index is 1.87. The molecule has 2 aromatic heterocycles. The molecule has 0 radical (unpaired) electrons. The first-order valence-corrected chi connectivity index (χ1v) is 11.4. The summed E-state index contributed by atoms with van der Waals surface area (Å²) in [6, 6.07) is 11.2. The molecule has 0 saturated heterocycles. The van der Waals surface area contributed by atoms with Crippen LogP contribution in [0.5, 0.6) is 0 Å². The lowest BCUT2D eigenvalue weighted by molar-refractivity contribution is 0.348. The third kappa shape index (κ3) is 3.36. The molecular weight excluding hydrogens is 402 g/mol. The van der Waals surface area contributed by atoms with Gasteiger partial charge in [-0.15, -0.1) is 15.8 Å². The third-order valence-corrected chi connectivity index (χ3v) is 7.38. The van der Waals surface area contributed by atoms with Crippen LogP contribution in [0.1, 0.15) is 29.0 Å². The van der Waals surface area contributed by atoms with E-state index in [0.717, 1.165) is 27.0 Å². The standard InChI is InChI=1S/C19H18ClN3O2S2/c1-3-27(24,25)23-17(11-16(22-23)18-5-4-8-26-18)14-10-13-9-12(2)6-7-15(13)21-19(14)20/h4-11,17,22H,3H2,1-2H3/t17-/m1/s1. The Morgan fingerprint density at radius 1 is 1.30 bits per heavy atom. The largest absolute Gasteiger partial charge is 0.304 e. The number of rotatable bonds is 4. The fourth-order valence-corrected chi connectivity index (χ4v) is 5.11. The molecule has 0 bridgehead atoms. The Hall–Kier alpha value is -1.93. The van der Waals surface area contributed by atoms with Gasteiger partial charge in [0, 0.05) is 10.9 Å². The van der Waals surface area contributed by atoms with Crippen molar-refractivity contribution in [3.8, 4) is 0 Å². The van der Waals surface area contributed by atoms with Gasteiger partial charge in [0.1, 0.15) is 5.15 Å². The maximum Gasteiger partial charge on any atom is 0.231 e. The van der Waals surface area contributed by atoms with Crippen molar-refractivity contribution in [2.45, 2.75) is 19.9 Å². The zero-order chi connectivity index (χ0) is 19.2. The molecule has 1 aliphatic heterocycles. The topological polar surface area (TPSA) is 62.3 Å². The number of aryl methyl sites for hydroxylation is 1. The molecule has 3 heterocycles. The van der Waals surface area contributed by atoms with Crippen molar-refractivity contribution < 1.29 is 8.42 Å². The van der Waals surface area contributed by atoms with Gasteiger partial charge in [0.15, 0.2) is 0 Å². The summed E-state index contributed by atoms with van der Waals surface area (Å²) in [5, 5.41) is 3.19.